The summed E-state index contributed by atoms with van der Waals surface area (Å²) in [6.45, 7) is 1.37. The molecule has 6 nitrogen and oxygen atoms in total. The van der Waals surface area contributed by atoms with Crippen molar-refractivity contribution in [2.24, 2.45) is 0 Å². The Balaban J connectivity index is 2.37. The summed E-state index contributed by atoms with van der Waals surface area (Å²) in [7, 11) is -2.37. The van der Waals surface area contributed by atoms with Gasteiger partial charge in [0.15, 0.2) is 0 Å². The minimum absolute atomic E-state index is 0.0457. The van der Waals surface area contributed by atoms with Crippen molar-refractivity contribution in [2.45, 2.75) is 16.7 Å². The maximum Gasteiger partial charge on any atom is 0.262 e. The Hall–Kier alpha value is -2.19. The number of nitrogens with one attached hydrogen (secondary N) is 2. The van der Waals surface area contributed by atoms with Gasteiger partial charge in [0.2, 0.25) is 5.91 Å². The summed E-state index contributed by atoms with van der Waals surface area (Å²) in [4.78, 5) is 12.0. The molecule has 0 aliphatic carbocycles. The fourth-order valence-electron chi connectivity index (χ4n) is 2.06. The van der Waals surface area contributed by atoms with Crippen molar-refractivity contribution in [3.8, 4) is 5.75 Å². The number of rotatable bonds is 6. The van der Waals surface area contributed by atoms with Gasteiger partial charge in [0, 0.05) is 17.9 Å². The van der Waals surface area contributed by atoms with Crippen LogP contribution in [0.5, 0.6) is 5.75 Å². The van der Waals surface area contributed by atoms with Gasteiger partial charge in [-0.25, -0.2) is 8.42 Å². The number of anilines is 2. The van der Waals surface area contributed by atoms with Gasteiger partial charge in [-0.05, 0) is 30.5 Å². The average Bonchev–Trinajstić information content (AvgIpc) is 2.54. The first-order chi connectivity index (χ1) is 11.4. The molecule has 0 spiro atoms. The normalized spacial score (nSPS) is 11.0. The van der Waals surface area contributed by atoms with E-state index in [0.29, 0.717) is 11.4 Å². The van der Waals surface area contributed by atoms with E-state index in [0.717, 1.165) is 4.90 Å². The van der Waals surface area contributed by atoms with E-state index in [1.807, 2.05) is 18.4 Å². The summed E-state index contributed by atoms with van der Waals surface area (Å²) in [5.41, 5.74) is 0.920. The third-order valence-corrected chi connectivity index (χ3v) is 5.30. The fourth-order valence-corrected chi connectivity index (χ4v) is 3.78. The van der Waals surface area contributed by atoms with Crippen molar-refractivity contribution in [3.63, 3.8) is 0 Å². The minimum atomic E-state index is -3.78. The number of sulfonamides is 1. The number of methoxy groups -OCH3 is 1. The Kier molecular flexibility index (Phi) is 5.74. The maximum absolute atomic E-state index is 12.6. The molecule has 0 saturated heterocycles. The third kappa shape index (κ3) is 4.21. The van der Waals surface area contributed by atoms with Crippen LogP contribution in [0.4, 0.5) is 11.4 Å². The molecule has 24 heavy (non-hydrogen) atoms. The van der Waals surface area contributed by atoms with E-state index >= 15 is 0 Å². The monoisotopic (exact) mass is 366 g/mol. The predicted octanol–water partition coefficient (Wildman–Crippen LogP) is 3.18. The molecule has 0 aliphatic rings. The van der Waals surface area contributed by atoms with Crippen molar-refractivity contribution in [2.75, 3.05) is 23.4 Å². The highest BCUT2D eigenvalue weighted by Crippen LogP contribution is 2.30. The quantitative estimate of drug-likeness (QED) is 0.767. The number of hydrogen-bond donors (Lipinski definition) is 2. The molecule has 0 atom stereocenters. The number of thioether (sulfide) groups is 1. The van der Waals surface area contributed by atoms with Crippen molar-refractivity contribution >= 4 is 39.1 Å². The molecule has 0 heterocycles. The van der Waals surface area contributed by atoms with Crippen LogP contribution in [0, 0.1) is 0 Å². The summed E-state index contributed by atoms with van der Waals surface area (Å²) < 4.78 is 33.0. The molecule has 1 amide bonds. The second kappa shape index (κ2) is 7.59. The summed E-state index contributed by atoms with van der Waals surface area (Å²) in [5, 5.41) is 2.59. The summed E-state index contributed by atoms with van der Waals surface area (Å²) >= 11 is 1.45. The molecule has 0 saturated carbocycles. The lowest BCUT2D eigenvalue weighted by Crippen LogP contribution is -2.14. The molecule has 2 aromatic carbocycles. The van der Waals surface area contributed by atoms with Gasteiger partial charge in [-0.1, -0.05) is 12.1 Å². The Bertz CT molecular complexity index is 851. The summed E-state index contributed by atoms with van der Waals surface area (Å²) in [6, 6.07) is 11.4. The highest BCUT2D eigenvalue weighted by molar-refractivity contribution is 7.99. The summed E-state index contributed by atoms with van der Waals surface area (Å²) in [5.74, 6) is 0.00200. The second-order valence-corrected chi connectivity index (χ2v) is 7.38. The van der Waals surface area contributed by atoms with Crippen molar-refractivity contribution in [1.82, 2.24) is 0 Å². The number of hydrogen-bond acceptors (Lipinski definition) is 5. The molecule has 8 heteroatoms. The van der Waals surface area contributed by atoms with Crippen LogP contribution in [0.3, 0.4) is 0 Å². The first-order valence-corrected chi connectivity index (χ1v) is 9.69. The van der Waals surface area contributed by atoms with Gasteiger partial charge in [-0.2, -0.15) is 0 Å². The van der Waals surface area contributed by atoms with Gasteiger partial charge in [-0.15, -0.1) is 11.8 Å². The van der Waals surface area contributed by atoms with E-state index in [-0.39, 0.29) is 16.6 Å². The fraction of sp³-hybridized carbons (Fsp3) is 0.188. The van der Waals surface area contributed by atoms with Gasteiger partial charge in [0.05, 0.1) is 23.4 Å². The van der Waals surface area contributed by atoms with Crippen LogP contribution in [-0.4, -0.2) is 27.7 Å². The maximum atomic E-state index is 12.6. The lowest BCUT2D eigenvalue weighted by atomic mass is 10.3. The zero-order valence-electron chi connectivity index (χ0n) is 13.5. The molecule has 0 radical (unpaired) electrons. The number of para-hydroxylation sites is 1. The zero-order valence-corrected chi connectivity index (χ0v) is 15.1. The van der Waals surface area contributed by atoms with E-state index in [9.17, 15) is 13.2 Å². The highest BCUT2D eigenvalue weighted by atomic mass is 32.2. The smallest absolute Gasteiger partial charge is 0.262 e. The zero-order chi connectivity index (χ0) is 17.7. The molecule has 0 bridgehead atoms. The van der Waals surface area contributed by atoms with Crippen LogP contribution in [0.25, 0.3) is 0 Å². The SMILES string of the molecule is COc1cc(S(=O)(=O)Nc2ccccc2SC)ccc1NC(C)=O. The molecule has 0 aromatic heterocycles. The van der Waals surface area contributed by atoms with Gasteiger partial charge in [0.25, 0.3) is 10.0 Å². The lowest BCUT2D eigenvalue weighted by Gasteiger charge is -2.14. The highest BCUT2D eigenvalue weighted by Gasteiger charge is 2.18. The van der Waals surface area contributed by atoms with Gasteiger partial charge in [-0.3, -0.25) is 9.52 Å². The van der Waals surface area contributed by atoms with E-state index in [2.05, 4.69) is 10.0 Å². The Morgan fingerprint density at radius 1 is 1.12 bits per heavy atom. The average molecular weight is 366 g/mol. The molecule has 0 unspecified atom stereocenters. The third-order valence-electron chi connectivity index (χ3n) is 3.15. The van der Waals surface area contributed by atoms with Crippen molar-refractivity contribution in [3.05, 3.63) is 42.5 Å². The molecule has 128 valence electrons. The minimum Gasteiger partial charge on any atom is -0.495 e. The van der Waals surface area contributed by atoms with E-state index in [4.69, 9.17) is 4.74 Å². The number of carbonyl (C=O) groups is 1. The van der Waals surface area contributed by atoms with Gasteiger partial charge >= 0.3 is 0 Å². The number of carbonyl (C=O) groups excluding carboxylic acids is 1. The van der Waals surface area contributed by atoms with E-state index < -0.39 is 10.0 Å². The molecule has 2 aromatic rings. The molecular weight excluding hydrogens is 348 g/mol. The molecule has 2 rings (SSSR count). The summed E-state index contributed by atoms with van der Waals surface area (Å²) in [6.07, 6.45) is 1.87. The van der Waals surface area contributed by atoms with E-state index in [1.54, 1.807) is 12.1 Å². The Morgan fingerprint density at radius 2 is 1.83 bits per heavy atom. The van der Waals surface area contributed by atoms with Crippen LogP contribution in [0.2, 0.25) is 0 Å². The van der Waals surface area contributed by atoms with Crippen molar-refractivity contribution < 1.29 is 17.9 Å². The first-order valence-electron chi connectivity index (χ1n) is 6.99. The topological polar surface area (TPSA) is 84.5 Å². The lowest BCUT2D eigenvalue weighted by molar-refractivity contribution is -0.114. The molecule has 0 fully saturated rings. The number of amides is 1. The van der Waals surface area contributed by atoms with Crippen LogP contribution >= 0.6 is 11.8 Å². The Labute approximate surface area is 145 Å². The largest absolute Gasteiger partial charge is 0.495 e. The van der Waals surface area contributed by atoms with Gasteiger partial charge in [0.1, 0.15) is 5.75 Å². The number of ether oxygens (including phenoxy) is 1. The number of benzene rings is 2. The van der Waals surface area contributed by atoms with Crippen molar-refractivity contribution in [1.29, 1.82) is 0 Å². The Morgan fingerprint density at radius 3 is 2.46 bits per heavy atom. The predicted molar refractivity (Wildman–Crippen MR) is 96.3 cm³/mol. The van der Waals surface area contributed by atoms with E-state index in [1.165, 1.54) is 44.0 Å². The second-order valence-electron chi connectivity index (χ2n) is 4.85. The molecule has 0 aliphatic heterocycles. The first kappa shape index (κ1) is 18.2. The van der Waals surface area contributed by atoms with Crippen LogP contribution in [0.1, 0.15) is 6.92 Å². The van der Waals surface area contributed by atoms with Crippen LogP contribution in [-0.2, 0) is 14.8 Å². The molecular formula is C16H18N2O4S2. The van der Waals surface area contributed by atoms with Crippen LogP contribution in [0.15, 0.2) is 52.3 Å². The van der Waals surface area contributed by atoms with Crippen LogP contribution < -0.4 is 14.8 Å². The molecule has 2 N–H and O–H groups in total. The van der Waals surface area contributed by atoms with Gasteiger partial charge < -0.3 is 10.1 Å². The standard InChI is InChI=1S/C16H18N2O4S2/c1-11(19)17-13-9-8-12(10-15(13)22-2)24(20,21)18-14-6-4-5-7-16(14)23-3/h4-10,18H,1-3H3,(H,17,19).